The van der Waals surface area contributed by atoms with E-state index in [2.05, 4.69) is 54.2 Å². The lowest BCUT2D eigenvalue weighted by atomic mass is 9.61. The van der Waals surface area contributed by atoms with Crippen molar-refractivity contribution in [1.29, 1.82) is 0 Å². The van der Waals surface area contributed by atoms with Gasteiger partial charge in [-0.1, -0.05) is 50.3 Å². The summed E-state index contributed by atoms with van der Waals surface area (Å²) in [6.07, 6.45) is 13.9. The number of allylic oxidation sites excluding steroid dienone is 4. The predicted molar refractivity (Wildman–Crippen MR) is 227 cm³/mol. The van der Waals surface area contributed by atoms with Crippen LogP contribution >= 0.6 is 0 Å². The van der Waals surface area contributed by atoms with Gasteiger partial charge in [0.05, 0.1) is 12.5 Å². The number of nitrogens with two attached hydrogens (primary N) is 1. The highest BCUT2D eigenvalue weighted by atomic mass is 19.3. The number of ether oxygens (including phenoxy) is 3. The van der Waals surface area contributed by atoms with Crippen LogP contribution in [-0.2, 0) is 28.6 Å². The number of anilines is 1. The third-order valence-corrected chi connectivity index (χ3v) is 13.6. The number of carbonyl (C=O) groups is 3. The van der Waals surface area contributed by atoms with Crippen molar-refractivity contribution in [2.24, 2.45) is 34.2 Å². The third kappa shape index (κ3) is 11.3. The summed E-state index contributed by atoms with van der Waals surface area (Å²) in [6.45, 7) is 10.1. The van der Waals surface area contributed by atoms with Gasteiger partial charge < -0.3 is 30.2 Å². The average molecular weight is 868 g/mol. The van der Waals surface area contributed by atoms with E-state index in [1.807, 2.05) is 6.08 Å². The molecule has 0 aromatic carbocycles. The Hall–Kier alpha value is -4.54. The highest BCUT2D eigenvalue weighted by Crippen LogP contribution is 2.59. The molecule has 6 unspecified atom stereocenters. The molecule has 2 heterocycles. The topological polar surface area (TPSA) is 205 Å². The predicted octanol–water partition coefficient (Wildman–Crippen LogP) is 6.39. The van der Waals surface area contributed by atoms with Crippen LogP contribution in [-0.4, -0.2) is 80.3 Å². The van der Waals surface area contributed by atoms with Crippen molar-refractivity contribution in [3.8, 4) is 0 Å². The molecule has 1 amide bonds. The molecule has 4 aliphatic carbocycles. The fourth-order valence-corrected chi connectivity index (χ4v) is 9.86. The van der Waals surface area contributed by atoms with E-state index in [4.69, 9.17) is 19.9 Å². The Bertz CT molecular complexity index is 2010. The van der Waals surface area contributed by atoms with Crippen molar-refractivity contribution in [1.82, 2.24) is 15.0 Å². The number of aliphatic hydroxyl groups is 2. The Labute approximate surface area is 361 Å². The lowest BCUT2D eigenvalue weighted by Crippen LogP contribution is -2.42. The molecular weight excluding hydrogens is 805 g/mol. The van der Waals surface area contributed by atoms with Crippen LogP contribution in [0.3, 0.4) is 0 Å². The minimum atomic E-state index is -3.91. The number of hydrogen-bond acceptors (Lipinski definition) is 12. The van der Waals surface area contributed by atoms with Gasteiger partial charge >= 0.3 is 23.6 Å². The molecule has 1 aromatic rings. The number of hydrogen-bond donors (Lipinski definition) is 4. The zero-order valence-corrected chi connectivity index (χ0v) is 36.1. The minimum absolute atomic E-state index is 0.161. The molecule has 1 aliphatic heterocycles. The average Bonchev–Trinajstić information content (AvgIpc) is 3.98. The van der Waals surface area contributed by atoms with Crippen molar-refractivity contribution in [3.05, 3.63) is 70.3 Å². The fourth-order valence-electron chi connectivity index (χ4n) is 9.86. The van der Waals surface area contributed by atoms with E-state index in [1.165, 1.54) is 31.3 Å². The molecule has 5 N–H and O–H groups in total. The van der Waals surface area contributed by atoms with E-state index in [-0.39, 0.29) is 42.3 Å². The van der Waals surface area contributed by atoms with Crippen molar-refractivity contribution in [2.45, 2.75) is 154 Å². The van der Waals surface area contributed by atoms with E-state index in [1.54, 1.807) is 6.92 Å². The second-order valence-corrected chi connectivity index (χ2v) is 18.1. The van der Waals surface area contributed by atoms with Crippen LogP contribution in [0.25, 0.3) is 0 Å². The van der Waals surface area contributed by atoms with Gasteiger partial charge in [0.15, 0.2) is 6.10 Å². The number of aliphatic hydroxyl groups excluding tert-OH is 2. The Morgan fingerprint density at radius 2 is 1.87 bits per heavy atom. The molecule has 0 radical (unpaired) electrons. The maximum Gasteiger partial charge on any atom is 0.351 e. The summed E-state index contributed by atoms with van der Waals surface area (Å²) in [7, 11) is 0. The first-order chi connectivity index (χ1) is 29.5. The Morgan fingerprint density at radius 1 is 1.10 bits per heavy atom. The summed E-state index contributed by atoms with van der Waals surface area (Å²) in [5.41, 5.74) is 10.9. The highest BCUT2D eigenvalue weighted by Gasteiger charge is 2.60. The first kappa shape index (κ1) is 47.0. The van der Waals surface area contributed by atoms with Gasteiger partial charge in [-0.05, 0) is 130 Å². The van der Waals surface area contributed by atoms with Gasteiger partial charge in [-0.15, -0.1) is 0 Å². The number of carbonyl (C=O) groups excluding carboxylic acids is 3. The summed E-state index contributed by atoms with van der Waals surface area (Å²) in [5, 5.41) is 24.6. The molecule has 0 bridgehead atoms. The van der Waals surface area contributed by atoms with Crippen LogP contribution in [0.2, 0.25) is 0 Å². The number of amides is 1. The van der Waals surface area contributed by atoms with Gasteiger partial charge in [-0.3, -0.25) is 19.0 Å². The second kappa shape index (κ2) is 20.3. The number of nitrogens with one attached hydrogen (secondary N) is 1. The van der Waals surface area contributed by atoms with Crippen LogP contribution < -0.4 is 16.8 Å². The molecule has 14 nitrogen and oxygen atoms in total. The smallest absolute Gasteiger partial charge is 0.351 e. The summed E-state index contributed by atoms with van der Waals surface area (Å²) in [6, 6.07) is 1.12. The number of nitrogen functional groups attached to an aromatic ring is 1. The van der Waals surface area contributed by atoms with Crippen LogP contribution in [0.5, 0.6) is 0 Å². The number of alkyl halides is 2. The van der Waals surface area contributed by atoms with Crippen LogP contribution in [0, 0.1) is 29.1 Å². The van der Waals surface area contributed by atoms with Crippen LogP contribution in [0.1, 0.15) is 123 Å². The number of halogens is 2. The number of esters is 2. The molecule has 9 atom stereocenters. The van der Waals surface area contributed by atoms with Crippen molar-refractivity contribution in [3.63, 3.8) is 0 Å². The molecule has 5 aliphatic rings. The molecule has 340 valence electrons. The monoisotopic (exact) mass is 867 g/mol. The summed E-state index contributed by atoms with van der Waals surface area (Å²) in [4.78, 5) is 52.9. The molecular formula is C46H63F2N5O9. The normalized spacial score (nSPS) is 31.0. The van der Waals surface area contributed by atoms with Crippen LogP contribution in [0.15, 0.2) is 69.8 Å². The summed E-state index contributed by atoms with van der Waals surface area (Å²) < 4.78 is 45.9. The highest BCUT2D eigenvalue weighted by molar-refractivity contribution is 5.86. The van der Waals surface area contributed by atoms with E-state index in [0.717, 1.165) is 61.9 Å². The first-order valence-corrected chi connectivity index (χ1v) is 22.2. The molecule has 4 saturated carbocycles. The Balaban J connectivity index is 0.884. The Kier molecular flexibility index (Phi) is 15.4. The van der Waals surface area contributed by atoms with E-state index < -0.39 is 55.0 Å². The number of fused-ring (bicyclic) bond motifs is 1. The van der Waals surface area contributed by atoms with Gasteiger partial charge in [-0.2, -0.15) is 18.9 Å². The minimum Gasteiger partial charge on any atom is -0.463 e. The zero-order chi connectivity index (χ0) is 44.8. The van der Waals surface area contributed by atoms with Gasteiger partial charge in [0.1, 0.15) is 24.6 Å². The van der Waals surface area contributed by atoms with E-state index >= 15 is 0 Å². The molecule has 5 fully saturated rings. The summed E-state index contributed by atoms with van der Waals surface area (Å²) >= 11 is 0. The largest absolute Gasteiger partial charge is 0.463 e. The molecule has 1 saturated heterocycles. The van der Waals surface area contributed by atoms with Gasteiger partial charge in [0.2, 0.25) is 12.1 Å². The second-order valence-electron chi connectivity index (χ2n) is 18.1. The maximum absolute atomic E-state index is 14.7. The van der Waals surface area contributed by atoms with Gasteiger partial charge in [0.25, 0.3) is 0 Å². The SMILES string of the molecule is C=C1/C(=C\C=C2/CCC[C@@]3(C)C2CCC3[C@@H](C)/C=C/C(O)C2CC2)CCC[C@@H]1OC(=O)CCC/C(C)=N/NC(=O)CCC(=O)OCC1OC(n2ccc(N)nc2=O)C(F)(F)C1O. The summed E-state index contributed by atoms with van der Waals surface area (Å²) in [5.74, 6) is -3.89. The number of hydrazone groups is 1. The van der Waals surface area contributed by atoms with Crippen molar-refractivity contribution >= 4 is 29.4 Å². The maximum atomic E-state index is 14.7. The quantitative estimate of drug-likeness (QED) is 0.0585. The molecule has 16 heteroatoms. The van der Waals surface area contributed by atoms with Crippen LogP contribution in [0.4, 0.5) is 14.6 Å². The lowest BCUT2D eigenvalue weighted by molar-refractivity contribution is -0.151. The van der Waals surface area contributed by atoms with Gasteiger partial charge in [-0.25, -0.2) is 10.2 Å². The standard InChI is InChI=1S/C46H63F2N5O9/c1-27(13-20-35(54)32-16-17-32)33-18-19-34-31(10-7-24-45(33,34)4)15-14-30-9-6-11-36(29(30)3)61-41(57)12-5-8-28(2)51-52-39(55)21-22-40(56)60-26-37-42(58)46(47,48)43(62-37)53-25-23-38(49)50-44(53)59/h13-15,20,23,25,27,32-37,42-43,54,58H,3,5-12,16-19,21-22,24,26H2,1-2,4H3,(H,52,55)(H2,49,50,59)/b20-13+,30-14-,31-15+,51-28+/t27-,33?,34?,35?,36-,37?,42?,43?,45+/m0/s1. The number of nitrogens with zero attached hydrogens (tertiary/aromatic N) is 3. The molecule has 0 spiro atoms. The number of rotatable bonds is 17. The zero-order valence-electron chi connectivity index (χ0n) is 36.1. The van der Waals surface area contributed by atoms with Crippen molar-refractivity contribution in [2.75, 3.05) is 12.3 Å². The van der Waals surface area contributed by atoms with E-state index in [0.29, 0.717) is 46.8 Å². The third-order valence-electron chi connectivity index (χ3n) is 13.6. The van der Waals surface area contributed by atoms with Gasteiger partial charge in [0, 0.05) is 24.8 Å². The Morgan fingerprint density at radius 3 is 2.61 bits per heavy atom. The lowest BCUT2D eigenvalue weighted by Gasteiger charge is -2.44. The van der Waals surface area contributed by atoms with E-state index in [9.17, 15) is 38.2 Å². The van der Waals surface area contributed by atoms with Crippen molar-refractivity contribution < 1.29 is 47.6 Å². The number of aromatic nitrogens is 2. The molecule has 62 heavy (non-hydrogen) atoms. The first-order valence-electron chi connectivity index (χ1n) is 22.2. The molecule has 1 aromatic heterocycles. The fraction of sp³-hybridized carbons (Fsp3) is 0.652. The molecule has 6 rings (SSSR count).